The van der Waals surface area contributed by atoms with Gasteiger partial charge in [0, 0.05) is 46.1 Å². The van der Waals surface area contributed by atoms with E-state index < -0.39 is 12.0 Å². The average molecular weight is 286 g/mol. The van der Waals surface area contributed by atoms with Crippen molar-refractivity contribution in [1.29, 1.82) is 0 Å². The Balaban J connectivity index is 2.45. The number of carboxylic acids is 1. The first-order valence-corrected chi connectivity index (χ1v) is 6.73. The number of rotatable bonds is 6. The third-order valence-electron chi connectivity index (χ3n) is 3.54. The largest absolute Gasteiger partial charge is 0.480 e. The minimum atomic E-state index is -1.06. The van der Waals surface area contributed by atoms with Crippen LogP contribution in [0, 0.1) is 5.92 Å². The van der Waals surface area contributed by atoms with E-state index in [9.17, 15) is 14.4 Å². The van der Waals surface area contributed by atoms with Gasteiger partial charge in [0.1, 0.15) is 6.04 Å². The Bertz CT molecular complexity index is 364. The van der Waals surface area contributed by atoms with Gasteiger partial charge < -0.3 is 20.1 Å². The highest BCUT2D eigenvalue weighted by atomic mass is 16.5. The van der Waals surface area contributed by atoms with Gasteiger partial charge in [-0.2, -0.15) is 0 Å². The first-order chi connectivity index (χ1) is 9.45. The molecule has 1 heterocycles. The Kier molecular flexibility index (Phi) is 6.44. The van der Waals surface area contributed by atoms with Crippen LogP contribution in [0.1, 0.15) is 26.2 Å². The van der Waals surface area contributed by atoms with E-state index in [4.69, 9.17) is 9.84 Å². The van der Waals surface area contributed by atoms with E-state index in [2.05, 4.69) is 5.32 Å². The van der Waals surface area contributed by atoms with Crippen molar-refractivity contribution >= 4 is 17.8 Å². The van der Waals surface area contributed by atoms with Crippen LogP contribution in [-0.2, 0) is 19.1 Å². The lowest BCUT2D eigenvalue weighted by Gasteiger charge is -2.31. The van der Waals surface area contributed by atoms with Gasteiger partial charge in [-0.15, -0.1) is 0 Å². The van der Waals surface area contributed by atoms with Gasteiger partial charge in [0.05, 0.1) is 0 Å². The molecule has 0 radical (unpaired) electrons. The monoisotopic (exact) mass is 286 g/mol. The fourth-order valence-electron chi connectivity index (χ4n) is 2.24. The third kappa shape index (κ3) is 4.80. The van der Waals surface area contributed by atoms with Crippen LogP contribution in [0.25, 0.3) is 0 Å². The normalized spacial score (nSPS) is 17.6. The Morgan fingerprint density at radius 1 is 1.35 bits per heavy atom. The molecule has 0 aromatic heterocycles. The van der Waals surface area contributed by atoms with E-state index in [1.54, 1.807) is 4.90 Å². The second kappa shape index (κ2) is 7.84. The van der Waals surface area contributed by atoms with Crippen LogP contribution in [-0.4, -0.2) is 60.6 Å². The summed E-state index contributed by atoms with van der Waals surface area (Å²) in [5, 5.41) is 11.6. The van der Waals surface area contributed by atoms with Gasteiger partial charge in [-0.1, -0.05) is 0 Å². The van der Waals surface area contributed by atoms with Crippen molar-refractivity contribution in [3.63, 3.8) is 0 Å². The van der Waals surface area contributed by atoms with Crippen LogP contribution in [0.3, 0.4) is 0 Å². The lowest BCUT2D eigenvalue weighted by molar-refractivity contribution is -0.143. The van der Waals surface area contributed by atoms with Crippen LogP contribution in [0.5, 0.6) is 0 Å². The summed E-state index contributed by atoms with van der Waals surface area (Å²) in [7, 11) is 1.48. The zero-order chi connectivity index (χ0) is 15.1. The summed E-state index contributed by atoms with van der Waals surface area (Å²) >= 11 is 0. The Hall–Kier alpha value is -1.63. The predicted octanol–water partition coefficient (Wildman–Crippen LogP) is -0.149. The standard InChI is InChI=1S/C13H22N2O5/c1-9(16)15-6-3-10(4-7-15)12(17)14-11(13(18)19)5-8-20-2/h10-11H,3-8H2,1-2H3,(H,14,17)(H,18,19). The molecule has 7 heteroatoms. The first kappa shape index (κ1) is 16.4. The molecule has 0 saturated carbocycles. The maximum Gasteiger partial charge on any atom is 0.326 e. The van der Waals surface area contributed by atoms with Gasteiger partial charge in [0.25, 0.3) is 0 Å². The lowest BCUT2D eigenvalue weighted by Crippen LogP contribution is -2.47. The molecule has 0 bridgehead atoms. The number of methoxy groups -OCH3 is 1. The van der Waals surface area contributed by atoms with E-state index in [1.807, 2.05) is 0 Å². The van der Waals surface area contributed by atoms with Gasteiger partial charge in [-0.3, -0.25) is 9.59 Å². The molecule has 2 amide bonds. The minimum absolute atomic E-state index is 0.00682. The van der Waals surface area contributed by atoms with Gasteiger partial charge in [-0.25, -0.2) is 4.79 Å². The summed E-state index contributed by atoms with van der Waals surface area (Å²) in [4.78, 5) is 36.0. The van der Waals surface area contributed by atoms with E-state index in [1.165, 1.54) is 14.0 Å². The summed E-state index contributed by atoms with van der Waals surface area (Å²) in [5.74, 6) is -1.53. The van der Waals surface area contributed by atoms with E-state index in [0.717, 1.165) is 0 Å². The SMILES string of the molecule is COCCC(NC(=O)C1CCN(C(C)=O)CC1)C(=O)O. The summed E-state index contributed by atoms with van der Waals surface area (Å²) < 4.78 is 4.83. The van der Waals surface area contributed by atoms with E-state index in [0.29, 0.717) is 25.9 Å². The zero-order valence-electron chi connectivity index (χ0n) is 11.9. The fraction of sp³-hybridized carbons (Fsp3) is 0.769. The molecule has 7 nitrogen and oxygen atoms in total. The van der Waals surface area contributed by atoms with Crippen LogP contribution in [0.15, 0.2) is 0 Å². The number of carbonyl (C=O) groups is 3. The Morgan fingerprint density at radius 2 is 1.95 bits per heavy atom. The highest BCUT2D eigenvalue weighted by Crippen LogP contribution is 2.17. The van der Waals surface area contributed by atoms with Gasteiger partial charge in [0.2, 0.25) is 11.8 Å². The molecule has 20 heavy (non-hydrogen) atoms. The number of amides is 2. The van der Waals surface area contributed by atoms with Crippen molar-refractivity contribution in [2.24, 2.45) is 5.92 Å². The molecule has 1 unspecified atom stereocenters. The first-order valence-electron chi connectivity index (χ1n) is 6.73. The quantitative estimate of drug-likeness (QED) is 0.708. The summed E-state index contributed by atoms with van der Waals surface area (Å²) in [5.41, 5.74) is 0. The zero-order valence-corrected chi connectivity index (χ0v) is 11.9. The lowest BCUT2D eigenvalue weighted by atomic mass is 9.95. The molecule has 0 aromatic rings. The summed E-state index contributed by atoms with van der Waals surface area (Å²) in [6, 6.07) is -0.923. The number of aliphatic carboxylic acids is 1. The summed E-state index contributed by atoms with van der Waals surface area (Å²) in [6.07, 6.45) is 1.38. The number of hydrogen-bond donors (Lipinski definition) is 2. The molecule has 1 aliphatic heterocycles. The fourth-order valence-corrected chi connectivity index (χ4v) is 2.24. The molecule has 0 aromatic carbocycles. The number of carboxylic acid groups (broad SMARTS) is 1. The number of ether oxygens (including phenoxy) is 1. The van der Waals surface area contributed by atoms with Crippen molar-refractivity contribution < 1.29 is 24.2 Å². The second-order valence-corrected chi connectivity index (χ2v) is 4.96. The molecule has 2 N–H and O–H groups in total. The Morgan fingerprint density at radius 3 is 2.40 bits per heavy atom. The number of hydrogen-bond acceptors (Lipinski definition) is 4. The molecule has 1 rings (SSSR count). The molecule has 1 aliphatic rings. The molecule has 1 fully saturated rings. The smallest absolute Gasteiger partial charge is 0.326 e. The minimum Gasteiger partial charge on any atom is -0.480 e. The molecule has 0 spiro atoms. The van der Waals surface area contributed by atoms with Gasteiger partial charge in [-0.05, 0) is 12.8 Å². The van der Waals surface area contributed by atoms with Crippen molar-refractivity contribution in [2.75, 3.05) is 26.8 Å². The van der Waals surface area contributed by atoms with E-state index in [-0.39, 0.29) is 30.8 Å². The molecular weight excluding hydrogens is 264 g/mol. The van der Waals surface area contributed by atoms with Crippen LogP contribution in [0.4, 0.5) is 0 Å². The highest BCUT2D eigenvalue weighted by molar-refractivity contribution is 5.85. The number of likely N-dealkylation sites (tertiary alicyclic amines) is 1. The number of piperidine rings is 1. The molecule has 1 atom stereocenters. The van der Waals surface area contributed by atoms with Gasteiger partial charge >= 0.3 is 5.97 Å². The number of nitrogens with one attached hydrogen (secondary N) is 1. The maximum absolute atomic E-state index is 12.0. The molecular formula is C13H22N2O5. The van der Waals surface area contributed by atoms with Crippen LogP contribution >= 0.6 is 0 Å². The highest BCUT2D eigenvalue weighted by Gasteiger charge is 2.28. The van der Waals surface area contributed by atoms with Crippen molar-refractivity contribution in [3.8, 4) is 0 Å². The van der Waals surface area contributed by atoms with E-state index >= 15 is 0 Å². The maximum atomic E-state index is 12.0. The molecule has 114 valence electrons. The van der Waals surface area contributed by atoms with Crippen molar-refractivity contribution in [3.05, 3.63) is 0 Å². The van der Waals surface area contributed by atoms with Crippen molar-refractivity contribution in [2.45, 2.75) is 32.2 Å². The van der Waals surface area contributed by atoms with Crippen molar-refractivity contribution in [1.82, 2.24) is 10.2 Å². The van der Waals surface area contributed by atoms with Crippen LogP contribution in [0.2, 0.25) is 0 Å². The topological polar surface area (TPSA) is 95.9 Å². The van der Waals surface area contributed by atoms with Gasteiger partial charge in [0.15, 0.2) is 0 Å². The Labute approximate surface area is 118 Å². The second-order valence-electron chi connectivity index (χ2n) is 4.96. The summed E-state index contributed by atoms with van der Waals surface area (Å²) in [6.45, 7) is 2.87. The number of carbonyl (C=O) groups excluding carboxylic acids is 2. The molecule has 0 aliphatic carbocycles. The average Bonchev–Trinajstić information content (AvgIpc) is 2.42. The predicted molar refractivity (Wildman–Crippen MR) is 71.0 cm³/mol. The third-order valence-corrected chi connectivity index (χ3v) is 3.54. The van der Waals surface area contributed by atoms with Crippen LogP contribution < -0.4 is 5.32 Å². The molecule has 1 saturated heterocycles. The number of nitrogens with zero attached hydrogens (tertiary/aromatic N) is 1.